The van der Waals surface area contributed by atoms with Crippen LogP contribution in [0.25, 0.3) is 0 Å². The number of anilines is 1. The molecule has 3 heteroatoms. The van der Waals surface area contributed by atoms with Crippen LogP contribution >= 0.6 is 11.6 Å². The lowest BCUT2D eigenvalue weighted by Gasteiger charge is -2.02. The Morgan fingerprint density at radius 3 is 2.82 bits per heavy atom. The summed E-state index contributed by atoms with van der Waals surface area (Å²) in [5, 5.41) is 0.659. The summed E-state index contributed by atoms with van der Waals surface area (Å²) < 4.78 is 4.92. The number of methoxy groups -OCH3 is 1. The maximum Gasteiger partial charge on any atom is 0.0727 e. The van der Waals surface area contributed by atoms with E-state index in [0.717, 1.165) is 5.56 Å². The minimum atomic E-state index is 0.527. The first-order valence-electron chi connectivity index (χ1n) is 3.27. The zero-order chi connectivity index (χ0) is 8.27. The molecule has 0 radical (unpaired) electrons. The molecule has 0 spiro atoms. The molecule has 1 rings (SSSR count). The van der Waals surface area contributed by atoms with E-state index in [1.54, 1.807) is 19.2 Å². The summed E-state index contributed by atoms with van der Waals surface area (Å²) in [6.45, 7) is 0.527. The van der Waals surface area contributed by atoms with Gasteiger partial charge in [0, 0.05) is 17.8 Å². The summed E-state index contributed by atoms with van der Waals surface area (Å²) in [6, 6.07) is 5.39. The lowest BCUT2D eigenvalue weighted by Crippen LogP contribution is -1.90. The number of nitrogens with two attached hydrogens (primary N) is 1. The van der Waals surface area contributed by atoms with Crippen molar-refractivity contribution in [3.63, 3.8) is 0 Å². The molecule has 0 unspecified atom stereocenters. The van der Waals surface area contributed by atoms with Crippen molar-refractivity contribution in [3.8, 4) is 0 Å². The van der Waals surface area contributed by atoms with Gasteiger partial charge in [-0.25, -0.2) is 0 Å². The first-order valence-corrected chi connectivity index (χ1v) is 3.64. The lowest BCUT2D eigenvalue weighted by molar-refractivity contribution is 0.185. The smallest absolute Gasteiger partial charge is 0.0727 e. The van der Waals surface area contributed by atoms with Crippen molar-refractivity contribution in [1.29, 1.82) is 0 Å². The Morgan fingerprint density at radius 2 is 2.27 bits per heavy atom. The molecule has 0 amide bonds. The third-order valence-electron chi connectivity index (χ3n) is 1.38. The van der Waals surface area contributed by atoms with E-state index in [9.17, 15) is 0 Å². The Kier molecular flexibility index (Phi) is 2.74. The van der Waals surface area contributed by atoms with Crippen LogP contribution in [-0.2, 0) is 11.3 Å². The molecule has 2 nitrogen and oxygen atoms in total. The van der Waals surface area contributed by atoms with Gasteiger partial charge >= 0.3 is 0 Å². The Morgan fingerprint density at radius 1 is 1.55 bits per heavy atom. The Bertz CT molecular complexity index is 250. The molecule has 0 saturated heterocycles. The van der Waals surface area contributed by atoms with E-state index in [-0.39, 0.29) is 0 Å². The molecule has 60 valence electrons. The van der Waals surface area contributed by atoms with Crippen LogP contribution in [-0.4, -0.2) is 7.11 Å². The van der Waals surface area contributed by atoms with Crippen LogP contribution in [0.5, 0.6) is 0 Å². The van der Waals surface area contributed by atoms with Gasteiger partial charge < -0.3 is 10.5 Å². The van der Waals surface area contributed by atoms with E-state index in [1.165, 1.54) is 0 Å². The van der Waals surface area contributed by atoms with Crippen LogP contribution in [0, 0.1) is 0 Å². The fourth-order valence-electron chi connectivity index (χ4n) is 0.836. The van der Waals surface area contributed by atoms with Gasteiger partial charge in [-0.3, -0.25) is 0 Å². The predicted octanol–water partition coefficient (Wildman–Crippen LogP) is 2.07. The molecular formula is C8H10ClNO. The molecule has 0 aliphatic carbocycles. The van der Waals surface area contributed by atoms with Gasteiger partial charge in [0.15, 0.2) is 0 Å². The highest BCUT2D eigenvalue weighted by molar-refractivity contribution is 6.31. The van der Waals surface area contributed by atoms with Gasteiger partial charge in [0.1, 0.15) is 0 Å². The van der Waals surface area contributed by atoms with Crippen molar-refractivity contribution in [2.24, 2.45) is 0 Å². The second-order valence-corrected chi connectivity index (χ2v) is 2.69. The Balaban J connectivity index is 2.90. The largest absolute Gasteiger partial charge is 0.399 e. The Hall–Kier alpha value is -0.730. The standard InChI is InChI=1S/C8H10ClNO/c1-11-5-6-2-3-7(10)4-8(6)9/h2-4H,5,10H2,1H3. The van der Waals surface area contributed by atoms with Crippen LogP contribution in [0.4, 0.5) is 5.69 Å². The number of nitrogen functional groups attached to an aromatic ring is 1. The van der Waals surface area contributed by atoms with Crippen molar-refractivity contribution in [2.45, 2.75) is 6.61 Å². The summed E-state index contributed by atoms with van der Waals surface area (Å²) in [4.78, 5) is 0. The van der Waals surface area contributed by atoms with Crippen LogP contribution in [0.1, 0.15) is 5.56 Å². The quantitative estimate of drug-likeness (QED) is 0.692. The van der Waals surface area contributed by atoms with Gasteiger partial charge in [-0.05, 0) is 17.7 Å². The molecule has 0 atom stereocenters. The summed E-state index contributed by atoms with van der Waals surface area (Å²) >= 11 is 5.85. The maximum absolute atomic E-state index is 5.85. The van der Waals surface area contributed by atoms with E-state index in [1.807, 2.05) is 6.07 Å². The van der Waals surface area contributed by atoms with E-state index in [4.69, 9.17) is 22.1 Å². The molecule has 0 fully saturated rings. The molecular weight excluding hydrogens is 162 g/mol. The van der Waals surface area contributed by atoms with Crippen LogP contribution < -0.4 is 5.73 Å². The molecule has 0 aromatic heterocycles. The van der Waals surface area contributed by atoms with E-state index in [0.29, 0.717) is 17.3 Å². The number of hydrogen-bond donors (Lipinski definition) is 1. The number of hydrogen-bond acceptors (Lipinski definition) is 2. The van der Waals surface area contributed by atoms with Gasteiger partial charge in [0.05, 0.1) is 6.61 Å². The van der Waals surface area contributed by atoms with Gasteiger partial charge in [-0.2, -0.15) is 0 Å². The fourth-order valence-corrected chi connectivity index (χ4v) is 1.08. The van der Waals surface area contributed by atoms with Gasteiger partial charge in [-0.15, -0.1) is 0 Å². The van der Waals surface area contributed by atoms with Gasteiger partial charge in [0.2, 0.25) is 0 Å². The minimum absolute atomic E-state index is 0.527. The van der Waals surface area contributed by atoms with Crippen LogP contribution in [0.15, 0.2) is 18.2 Å². The van der Waals surface area contributed by atoms with Crippen molar-refractivity contribution in [1.82, 2.24) is 0 Å². The second kappa shape index (κ2) is 3.60. The average molecular weight is 172 g/mol. The molecule has 0 bridgehead atoms. The molecule has 1 aromatic rings. The summed E-state index contributed by atoms with van der Waals surface area (Å²) in [7, 11) is 1.63. The summed E-state index contributed by atoms with van der Waals surface area (Å²) in [6.07, 6.45) is 0. The van der Waals surface area contributed by atoms with Crippen molar-refractivity contribution in [2.75, 3.05) is 12.8 Å². The molecule has 0 aliphatic heterocycles. The molecule has 11 heavy (non-hydrogen) atoms. The lowest BCUT2D eigenvalue weighted by atomic mass is 10.2. The minimum Gasteiger partial charge on any atom is -0.399 e. The van der Waals surface area contributed by atoms with Crippen molar-refractivity contribution >= 4 is 17.3 Å². The van der Waals surface area contributed by atoms with Gasteiger partial charge in [0.25, 0.3) is 0 Å². The van der Waals surface area contributed by atoms with Crippen molar-refractivity contribution < 1.29 is 4.74 Å². The highest BCUT2D eigenvalue weighted by Crippen LogP contribution is 2.19. The molecule has 1 aromatic carbocycles. The predicted molar refractivity (Wildman–Crippen MR) is 46.6 cm³/mol. The monoisotopic (exact) mass is 171 g/mol. The van der Waals surface area contributed by atoms with E-state index in [2.05, 4.69) is 0 Å². The highest BCUT2D eigenvalue weighted by Gasteiger charge is 1.98. The number of benzene rings is 1. The average Bonchev–Trinajstić information content (AvgIpc) is 1.95. The number of halogens is 1. The highest BCUT2D eigenvalue weighted by atomic mass is 35.5. The first kappa shape index (κ1) is 8.37. The molecule has 0 saturated carbocycles. The normalized spacial score (nSPS) is 10.0. The van der Waals surface area contributed by atoms with Crippen LogP contribution in [0.2, 0.25) is 5.02 Å². The van der Waals surface area contributed by atoms with E-state index >= 15 is 0 Å². The number of ether oxygens (including phenoxy) is 1. The van der Waals surface area contributed by atoms with Crippen LogP contribution in [0.3, 0.4) is 0 Å². The summed E-state index contributed by atoms with van der Waals surface area (Å²) in [5.74, 6) is 0. The third-order valence-corrected chi connectivity index (χ3v) is 1.73. The molecule has 0 aliphatic rings. The zero-order valence-corrected chi connectivity index (χ0v) is 7.06. The maximum atomic E-state index is 5.85. The third kappa shape index (κ3) is 2.10. The zero-order valence-electron chi connectivity index (χ0n) is 6.30. The molecule has 0 heterocycles. The first-order chi connectivity index (χ1) is 5.24. The number of rotatable bonds is 2. The topological polar surface area (TPSA) is 35.2 Å². The van der Waals surface area contributed by atoms with E-state index < -0.39 is 0 Å². The SMILES string of the molecule is COCc1ccc(N)cc1Cl. The summed E-state index contributed by atoms with van der Waals surface area (Å²) in [5.41, 5.74) is 7.14. The molecule has 2 N–H and O–H groups in total. The van der Waals surface area contributed by atoms with Crippen molar-refractivity contribution in [3.05, 3.63) is 28.8 Å². The Labute approximate surface area is 70.9 Å². The van der Waals surface area contributed by atoms with Gasteiger partial charge in [-0.1, -0.05) is 17.7 Å². The second-order valence-electron chi connectivity index (χ2n) is 2.28. The fraction of sp³-hybridized carbons (Fsp3) is 0.250.